The largest absolute Gasteiger partial charge is 0.439 e. The molecule has 0 saturated heterocycles. The second-order valence-corrected chi connectivity index (χ2v) is 4.67. The van der Waals surface area contributed by atoms with E-state index < -0.39 is 4.92 Å². The molecule has 0 saturated carbocycles. The van der Waals surface area contributed by atoms with Crippen LogP contribution < -0.4 is 10.5 Å². The molecule has 2 rings (SSSR count). The lowest BCUT2D eigenvalue weighted by atomic mass is 10.0. The number of nitrogens with zero attached hydrogens (tertiary/aromatic N) is 2. The maximum atomic E-state index is 10.8. The number of hydrogen-bond donors (Lipinski definition) is 1. The fourth-order valence-corrected chi connectivity index (χ4v) is 1.73. The van der Waals surface area contributed by atoms with Crippen LogP contribution in [0.3, 0.4) is 0 Å². The summed E-state index contributed by atoms with van der Waals surface area (Å²) in [4.78, 5) is 14.2. The third kappa shape index (κ3) is 3.23. The van der Waals surface area contributed by atoms with Gasteiger partial charge in [0.25, 0.3) is 5.69 Å². The molecule has 0 aliphatic heterocycles. The average Bonchev–Trinajstić information content (AvgIpc) is 2.38. The number of hydrogen-bond acceptors (Lipinski definition) is 5. The molecule has 6 nitrogen and oxygen atoms in total. The highest BCUT2D eigenvalue weighted by Gasteiger charge is 2.11. The van der Waals surface area contributed by atoms with Gasteiger partial charge in [0.2, 0.25) is 5.88 Å². The van der Waals surface area contributed by atoms with Gasteiger partial charge >= 0.3 is 0 Å². The Kier molecular flexibility index (Phi) is 3.84. The molecule has 0 aliphatic rings. The minimum Gasteiger partial charge on any atom is -0.439 e. The lowest BCUT2D eigenvalue weighted by molar-refractivity contribution is -0.384. The number of benzene rings is 1. The number of nitrogens with two attached hydrogens (primary N) is 1. The average molecular weight is 273 g/mol. The molecule has 0 aliphatic carbocycles. The van der Waals surface area contributed by atoms with E-state index in [1.807, 2.05) is 18.2 Å². The van der Waals surface area contributed by atoms with E-state index in [1.54, 1.807) is 6.07 Å². The van der Waals surface area contributed by atoms with Gasteiger partial charge in [-0.05, 0) is 23.6 Å². The molecule has 0 radical (unpaired) electrons. The van der Waals surface area contributed by atoms with E-state index in [2.05, 4.69) is 18.8 Å². The summed E-state index contributed by atoms with van der Waals surface area (Å²) in [7, 11) is 0. The van der Waals surface area contributed by atoms with Crippen LogP contribution in [0, 0.1) is 10.1 Å². The number of rotatable bonds is 4. The Labute approximate surface area is 116 Å². The van der Waals surface area contributed by atoms with Crippen molar-refractivity contribution in [1.29, 1.82) is 0 Å². The minimum atomic E-state index is -0.532. The number of nitrogen functional groups attached to an aromatic ring is 1. The highest BCUT2D eigenvalue weighted by molar-refractivity contribution is 5.46. The van der Waals surface area contributed by atoms with Crippen molar-refractivity contribution >= 4 is 11.5 Å². The van der Waals surface area contributed by atoms with Crippen molar-refractivity contribution in [2.24, 2.45) is 0 Å². The fraction of sp³-hybridized carbons (Fsp3) is 0.214. The molecule has 1 heterocycles. The molecule has 2 N–H and O–H groups in total. The molecule has 104 valence electrons. The predicted molar refractivity (Wildman–Crippen MR) is 75.9 cm³/mol. The Hall–Kier alpha value is -2.63. The lowest BCUT2D eigenvalue weighted by Crippen LogP contribution is -1.97. The highest BCUT2D eigenvalue weighted by Crippen LogP contribution is 2.27. The van der Waals surface area contributed by atoms with Crippen LogP contribution in [-0.4, -0.2) is 9.91 Å². The van der Waals surface area contributed by atoms with Gasteiger partial charge in [0, 0.05) is 0 Å². The molecule has 0 unspecified atom stereocenters. The maximum absolute atomic E-state index is 10.8. The van der Waals surface area contributed by atoms with Crippen LogP contribution in [-0.2, 0) is 0 Å². The quantitative estimate of drug-likeness (QED) is 0.680. The summed E-state index contributed by atoms with van der Waals surface area (Å²) in [6.07, 6.45) is 0. The van der Waals surface area contributed by atoms with Gasteiger partial charge in [-0.3, -0.25) is 10.1 Å². The number of anilines is 1. The van der Waals surface area contributed by atoms with Crippen molar-refractivity contribution in [3.63, 3.8) is 0 Å². The molecule has 1 aromatic heterocycles. The van der Waals surface area contributed by atoms with Crippen LogP contribution >= 0.6 is 0 Å². The van der Waals surface area contributed by atoms with Gasteiger partial charge in [-0.1, -0.05) is 26.0 Å². The fourth-order valence-electron chi connectivity index (χ4n) is 1.73. The van der Waals surface area contributed by atoms with Crippen LogP contribution in [0.25, 0.3) is 0 Å². The Morgan fingerprint density at radius 1 is 1.30 bits per heavy atom. The van der Waals surface area contributed by atoms with Crippen LogP contribution in [0.4, 0.5) is 11.5 Å². The van der Waals surface area contributed by atoms with Gasteiger partial charge in [-0.25, -0.2) is 0 Å². The van der Waals surface area contributed by atoms with Gasteiger partial charge < -0.3 is 10.5 Å². The number of aromatic nitrogens is 1. The van der Waals surface area contributed by atoms with Gasteiger partial charge in [0.05, 0.1) is 17.1 Å². The summed E-state index contributed by atoms with van der Waals surface area (Å²) < 4.78 is 5.55. The number of nitro groups is 1. The Morgan fingerprint density at radius 2 is 2.05 bits per heavy atom. The second kappa shape index (κ2) is 5.56. The molecule has 20 heavy (non-hydrogen) atoms. The Balaban J connectivity index is 2.30. The molecule has 0 amide bonds. The molecule has 0 atom stereocenters. The standard InChI is InChI=1S/C14H15N3O3/c1-9(2)10-4-3-5-12(6-10)20-14-8-11(17(18)19)7-13(15)16-14/h3-9H,1-2H3,(H2,15,16). The van der Waals surface area contributed by atoms with Crippen molar-refractivity contribution in [1.82, 2.24) is 4.98 Å². The van der Waals surface area contributed by atoms with Gasteiger partial charge in [0.1, 0.15) is 11.6 Å². The lowest BCUT2D eigenvalue weighted by Gasteiger charge is -2.09. The molecule has 0 bridgehead atoms. The summed E-state index contributed by atoms with van der Waals surface area (Å²) in [5.41, 5.74) is 6.50. The van der Waals surface area contributed by atoms with Gasteiger partial charge in [-0.2, -0.15) is 4.98 Å². The zero-order chi connectivity index (χ0) is 14.7. The van der Waals surface area contributed by atoms with E-state index in [4.69, 9.17) is 10.5 Å². The molecule has 0 fully saturated rings. The summed E-state index contributed by atoms with van der Waals surface area (Å²) in [6.45, 7) is 4.14. The van der Waals surface area contributed by atoms with E-state index in [-0.39, 0.29) is 17.4 Å². The normalized spacial score (nSPS) is 10.6. The molecule has 1 aromatic carbocycles. The van der Waals surface area contributed by atoms with Crippen LogP contribution in [0.1, 0.15) is 25.3 Å². The highest BCUT2D eigenvalue weighted by atomic mass is 16.6. The maximum Gasteiger partial charge on any atom is 0.278 e. The predicted octanol–water partition coefficient (Wildman–Crippen LogP) is 3.49. The van der Waals surface area contributed by atoms with Gasteiger partial charge in [-0.15, -0.1) is 0 Å². The van der Waals surface area contributed by atoms with E-state index >= 15 is 0 Å². The third-order valence-corrected chi connectivity index (χ3v) is 2.76. The molecule has 0 spiro atoms. The summed E-state index contributed by atoms with van der Waals surface area (Å²) in [5.74, 6) is 1.09. The van der Waals surface area contributed by atoms with E-state index in [9.17, 15) is 10.1 Å². The van der Waals surface area contributed by atoms with Crippen molar-refractivity contribution in [2.75, 3.05) is 5.73 Å². The smallest absolute Gasteiger partial charge is 0.278 e. The van der Waals surface area contributed by atoms with Crippen molar-refractivity contribution < 1.29 is 9.66 Å². The number of pyridine rings is 1. The first-order valence-electron chi connectivity index (χ1n) is 6.15. The molecular formula is C14H15N3O3. The van der Waals surface area contributed by atoms with Crippen LogP contribution in [0.2, 0.25) is 0 Å². The first-order valence-corrected chi connectivity index (χ1v) is 6.15. The first-order chi connectivity index (χ1) is 9.45. The van der Waals surface area contributed by atoms with Crippen molar-refractivity contribution in [2.45, 2.75) is 19.8 Å². The molecule has 2 aromatic rings. The Morgan fingerprint density at radius 3 is 2.70 bits per heavy atom. The first kappa shape index (κ1) is 13.8. The van der Waals surface area contributed by atoms with Crippen molar-refractivity contribution in [3.8, 4) is 11.6 Å². The van der Waals surface area contributed by atoms with E-state index in [0.717, 1.165) is 5.56 Å². The monoisotopic (exact) mass is 273 g/mol. The summed E-state index contributed by atoms with van der Waals surface area (Å²) in [6, 6.07) is 9.94. The zero-order valence-electron chi connectivity index (χ0n) is 11.2. The molecule has 6 heteroatoms. The molecular weight excluding hydrogens is 258 g/mol. The summed E-state index contributed by atoms with van der Waals surface area (Å²) >= 11 is 0. The second-order valence-electron chi connectivity index (χ2n) is 4.67. The van der Waals surface area contributed by atoms with Crippen LogP contribution in [0.5, 0.6) is 11.6 Å². The SMILES string of the molecule is CC(C)c1cccc(Oc2cc([N+](=O)[O-])cc(N)n2)c1. The van der Waals surface area contributed by atoms with Crippen LogP contribution in [0.15, 0.2) is 36.4 Å². The van der Waals surface area contributed by atoms with E-state index in [1.165, 1.54) is 12.1 Å². The van der Waals surface area contributed by atoms with Crippen molar-refractivity contribution in [3.05, 3.63) is 52.1 Å². The van der Waals surface area contributed by atoms with Gasteiger partial charge in [0.15, 0.2) is 0 Å². The third-order valence-electron chi connectivity index (χ3n) is 2.76. The Bertz CT molecular complexity index is 641. The van der Waals surface area contributed by atoms with E-state index in [0.29, 0.717) is 11.7 Å². The minimum absolute atomic E-state index is 0.0502. The topological polar surface area (TPSA) is 91.3 Å². The summed E-state index contributed by atoms with van der Waals surface area (Å²) in [5, 5.41) is 10.8. The number of ether oxygens (including phenoxy) is 1. The zero-order valence-corrected chi connectivity index (χ0v) is 11.2.